The molecule has 0 saturated carbocycles. The van der Waals surface area contributed by atoms with Crippen LogP contribution in [0.15, 0.2) is 58.5 Å². The van der Waals surface area contributed by atoms with Gasteiger partial charge in [0.05, 0.1) is 22.2 Å². The van der Waals surface area contributed by atoms with Crippen molar-refractivity contribution in [1.29, 1.82) is 0 Å². The van der Waals surface area contributed by atoms with Crippen LogP contribution >= 0.6 is 35.6 Å². The Kier molecular flexibility index (Phi) is 9.63. The molecule has 1 unspecified atom stereocenters. The van der Waals surface area contributed by atoms with Crippen LogP contribution in [-0.2, 0) is 9.84 Å². The summed E-state index contributed by atoms with van der Waals surface area (Å²) in [5, 5.41) is 7.22. The Hall–Kier alpha value is -1.59. The molecule has 0 radical (unpaired) electrons. The predicted molar refractivity (Wildman–Crippen MR) is 133 cm³/mol. The lowest BCUT2D eigenvalue weighted by atomic mass is 10.3. The molecule has 1 saturated heterocycles. The number of pyridine rings is 1. The molecule has 2 aromatic rings. The van der Waals surface area contributed by atoms with Gasteiger partial charge in [0.2, 0.25) is 0 Å². The van der Waals surface area contributed by atoms with Crippen LogP contribution in [0.2, 0.25) is 5.02 Å². The lowest BCUT2D eigenvalue weighted by molar-refractivity contribution is 0.595. The largest absolute Gasteiger partial charge is 0.357 e. The Morgan fingerprint density at radius 1 is 1.27 bits per heavy atom. The molecule has 2 heterocycles. The summed E-state index contributed by atoms with van der Waals surface area (Å²) in [6, 6.07) is 12.3. The van der Waals surface area contributed by atoms with E-state index in [1.807, 2.05) is 19.1 Å². The molecule has 2 N–H and O–H groups in total. The highest BCUT2D eigenvalue weighted by atomic mass is 127. The summed E-state index contributed by atoms with van der Waals surface area (Å²) in [7, 11) is -3.34. The van der Waals surface area contributed by atoms with Crippen molar-refractivity contribution >= 4 is 57.2 Å². The van der Waals surface area contributed by atoms with Gasteiger partial charge in [-0.05, 0) is 37.6 Å². The first-order chi connectivity index (χ1) is 14.0. The fourth-order valence-electron chi connectivity index (χ4n) is 3.22. The summed E-state index contributed by atoms with van der Waals surface area (Å²) < 4.78 is 24.8. The van der Waals surface area contributed by atoms with E-state index in [2.05, 4.69) is 25.5 Å². The van der Waals surface area contributed by atoms with Crippen LogP contribution in [0.25, 0.3) is 0 Å². The highest BCUT2D eigenvalue weighted by molar-refractivity contribution is 14.0. The zero-order chi connectivity index (χ0) is 20.7. The molecule has 0 amide bonds. The van der Waals surface area contributed by atoms with Crippen LogP contribution in [-0.4, -0.2) is 57.3 Å². The van der Waals surface area contributed by atoms with Gasteiger partial charge in [-0.3, -0.25) is 4.99 Å². The van der Waals surface area contributed by atoms with E-state index in [9.17, 15) is 8.42 Å². The molecule has 1 aliphatic heterocycles. The van der Waals surface area contributed by atoms with Crippen molar-refractivity contribution in [3.63, 3.8) is 0 Å². The van der Waals surface area contributed by atoms with Gasteiger partial charge >= 0.3 is 0 Å². The average Bonchev–Trinajstić information content (AvgIpc) is 3.17. The maximum atomic E-state index is 12.4. The molecule has 1 aromatic heterocycles. The number of anilines is 1. The van der Waals surface area contributed by atoms with Crippen molar-refractivity contribution in [2.45, 2.75) is 24.3 Å². The summed E-state index contributed by atoms with van der Waals surface area (Å²) in [4.78, 5) is 11.3. The molecule has 0 aliphatic carbocycles. The van der Waals surface area contributed by atoms with Gasteiger partial charge in [-0.2, -0.15) is 0 Å². The Morgan fingerprint density at radius 3 is 2.73 bits per heavy atom. The van der Waals surface area contributed by atoms with Crippen LogP contribution in [0, 0.1) is 0 Å². The van der Waals surface area contributed by atoms with Crippen LogP contribution in [0.3, 0.4) is 0 Å². The van der Waals surface area contributed by atoms with Crippen molar-refractivity contribution in [2.75, 3.05) is 36.8 Å². The number of halogens is 2. The molecule has 10 heteroatoms. The first-order valence-electron chi connectivity index (χ1n) is 9.67. The fourth-order valence-corrected chi connectivity index (χ4v) is 4.60. The number of rotatable bonds is 7. The lowest BCUT2D eigenvalue weighted by Crippen LogP contribution is -2.44. The molecule has 164 valence electrons. The van der Waals surface area contributed by atoms with Crippen molar-refractivity contribution in [3.8, 4) is 0 Å². The van der Waals surface area contributed by atoms with Gasteiger partial charge in [-0.25, -0.2) is 13.4 Å². The number of benzene rings is 1. The van der Waals surface area contributed by atoms with E-state index in [1.54, 1.807) is 36.5 Å². The zero-order valence-corrected chi connectivity index (χ0v) is 20.7. The van der Waals surface area contributed by atoms with E-state index in [0.717, 1.165) is 25.3 Å². The lowest BCUT2D eigenvalue weighted by Gasteiger charge is -2.20. The highest BCUT2D eigenvalue weighted by Gasteiger charge is 2.25. The average molecular weight is 564 g/mol. The standard InChI is InChI=1S/C20H26ClN5O2S.HI/c1-2-22-20(24-12-14-29(27,28)17-7-4-3-5-8-17)25-16-10-13-26(15-16)19-18(21)9-6-11-23-19;/h3-9,11,16H,2,10,12-15H2,1H3,(H2,22,24,25);1H. The molecule has 7 nitrogen and oxygen atoms in total. The summed E-state index contributed by atoms with van der Waals surface area (Å²) >= 11 is 6.25. The van der Waals surface area contributed by atoms with Crippen molar-refractivity contribution < 1.29 is 8.42 Å². The van der Waals surface area contributed by atoms with E-state index in [0.29, 0.717) is 22.4 Å². The van der Waals surface area contributed by atoms with Crippen LogP contribution in [0.5, 0.6) is 0 Å². The summed E-state index contributed by atoms with van der Waals surface area (Å²) in [6.45, 7) is 4.46. The quantitative estimate of drug-likeness (QED) is 0.306. The van der Waals surface area contributed by atoms with E-state index in [4.69, 9.17) is 11.6 Å². The number of hydrogen-bond acceptors (Lipinski definition) is 5. The monoisotopic (exact) mass is 563 g/mol. The molecular formula is C20H27ClIN5O2S. The normalized spacial score (nSPS) is 16.8. The van der Waals surface area contributed by atoms with Crippen molar-refractivity contribution in [2.24, 2.45) is 4.99 Å². The van der Waals surface area contributed by atoms with Crippen LogP contribution < -0.4 is 15.5 Å². The van der Waals surface area contributed by atoms with Gasteiger partial charge in [-0.15, -0.1) is 24.0 Å². The number of nitrogens with one attached hydrogen (secondary N) is 2. The predicted octanol–water partition coefficient (Wildman–Crippen LogP) is 2.96. The van der Waals surface area contributed by atoms with E-state index in [1.165, 1.54) is 0 Å². The molecular weight excluding hydrogens is 537 g/mol. The SMILES string of the molecule is CCNC(=NCCS(=O)(=O)c1ccccc1)NC1CCN(c2ncccc2Cl)C1.I. The number of guanidine groups is 1. The minimum Gasteiger partial charge on any atom is -0.357 e. The second-order valence-corrected chi connectivity index (χ2v) is 9.29. The third-order valence-electron chi connectivity index (χ3n) is 4.64. The van der Waals surface area contributed by atoms with Crippen LogP contribution in [0.4, 0.5) is 5.82 Å². The third kappa shape index (κ3) is 6.71. The van der Waals surface area contributed by atoms with Gasteiger partial charge in [0.25, 0.3) is 0 Å². The van der Waals surface area contributed by atoms with Crippen molar-refractivity contribution in [1.82, 2.24) is 15.6 Å². The molecule has 1 aliphatic rings. The van der Waals surface area contributed by atoms with Crippen molar-refractivity contribution in [3.05, 3.63) is 53.7 Å². The molecule has 1 atom stereocenters. The molecule has 0 bridgehead atoms. The maximum Gasteiger partial charge on any atom is 0.191 e. The van der Waals surface area contributed by atoms with Crippen LogP contribution in [0.1, 0.15) is 13.3 Å². The molecule has 1 aromatic carbocycles. The number of aliphatic imine (C=N–C) groups is 1. The topological polar surface area (TPSA) is 86.7 Å². The fraction of sp³-hybridized carbons (Fsp3) is 0.400. The molecule has 3 rings (SSSR count). The first-order valence-corrected chi connectivity index (χ1v) is 11.7. The first kappa shape index (κ1) is 24.7. The Balaban J connectivity index is 0.00000320. The minimum absolute atomic E-state index is 0. The number of sulfone groups is 1. The second-order valence-electron chi connectivity index (χ2n) is 6.78. The number of nitrogens with zero attached hydrogens (tertiary/aromatic N) is 3. The Labute approximate surface area is 200 Å². The summed E-state index contributed by atoms with van der Waals surface area (Å²) in [5.74, 6) is 1.37. The summed E-state index contributed by atoms with van der Waals surface area (Å²) in [6.07, 6.45) is 2.65. The molecule has 0 spiro atoms. The Morgan fingerprint density at radius 2 is 2.03 bits per heavy atom. The van der Waals surface area contributed by atoms with Gasteiger partial charge in [-0.1, -0.05) is 29.8 Å². The van der Waals surface area contributed by atoms with E-state index in [-0.39, 0.29) is 42.3 Å². The van der Waals surface area contributed by atoms with Gasteiger partial charge in [0.15, 0.2) is 15.8 Å². The molecule has 30 heavy (non-hydrogen) atoms. The van der Waals surface area contributed by atoms with Gasteiger partial charge in [0, 0.05) is 31.9 Å². The number of aromatic nitrogens is 1. The van der Waals surface area contributed by atoms with E-state index >= 15 is 0 Å². The van der Waals surface area contributed by atoms with Gasteiger partial charge < -0.3 is 15.5 Å². The summed E-state index contributed by atoms with van der Waals surface area (Å²) in [5.41, 5.74) is 0. The minimum atomic E-state index is -3.34. The van der Waals surface area contributed by atoms with Gasteiger partial charge in [0.1, 0.15) is 5.82 Å². The van der Waals surface area contributed by atoms with E-state index < -0.39 is 9.84 Å². The number of hydrogen-bond donors (Lipinski definition) is 2. The third-order valence-corrected chi connectivity index (χ3v) is 6.65. The Bertz CT molecular complexity index is 943. The second kappa shape index (κ2) is 11.7. The maximum absolute atomic E-state index is 12.4. The molecule has 1 fully saturated rings. The smallest absolute Gasteiger partial charge is 0.191 e. The zero-order valence-electron chi connectivity index (χ0n) is 16.8. The highest BCUT2D eigenvalue weighted by Crippen LogP contribution is 2.25.